The fourth-order valence-corrected chi connectivity index (χ4v) is 12.5. The molecule has 8 aromatic carbocycles. The Morgan fingerprint density at radius 3 is 1.25 bits per heavy atom. The van der Waals surface area contributed by atoms with Crippen molar-refractivity contribution in [2.45, 2.75) is 33.1 Å². The first-order chi connectivity index (χ1) is 33.7. The summed E-state index contributed by atoms with van der Waals surface area (Å²) in [7, 11) is 0. The summed E-state index contributed by atoms with van der Waals surface area (Å²) in [6, 6.07) is 72.1. The van der Waals surface area contributed by atoms with Crippen LogP contribution in [0.15, 0.2) is 194 Å². The van der Waals surface area contributed by atoms with Crippen LogP contribution in [0.1, 0.15) is 57.0 Å². The Hall–Kier alpha value is -7.76. The van der Waals surface area contributed by atoms with Crippen molar-refractivity contribution in [3.63, 3.8) is 0 Å². The lowest BCUT2D eigenvalue weighted by molar-refractivity contribution is 0.660. The molecule has 0 unspecified atom stereocenters. The van der Waals surface area contributed by atoms with Crippen molar-refractivity contribution in [2.24, 2.45) is 0 Å². The van der Waals surface area contributed by atoms with Gasteiger partial charge in [0.05, 0.1) is 22.1 Å². The van der Waals surface area contributed by atoms with Gasteiger partial charge in [-0.05, 0) is 155 Å². The van der Waals surface area contributed by atoms with Gasteiger partial charge >= 0.3 is 0 Å². The van der Waals surface area contributed by atoms with E-state index in [9.17, 15) is 0 Å². The minimum absolute atomic E-state index is 0.118. The third kappa shape index (κ3) is 7.05. The van der Waals surface area contributed by atoms with E-state index in [-0.39, 0.29) is 5.41 Å². The summed E-state index contributed by atoms with van der Waals surface area (Å²) in [4.78, 5) is 5.03. The summed E-state index contributed by atoms with van der Waals surface area (Å²) in [5, 5.41) is 5.11. The molecule has 0 spiro atoms. The molecule has 0 saturated heterocycles. The first kappa shape index (κ1) is 41.4. The second-order valence-corrected chi connectivity index (χ2v) is 21.4. The van der Waals surface area contributed by atoms with Crippen LogP contribution in [0.3, 0.4) is 0 Å². The molecule has 2 nitrogen and oxygen atoms in total. The fraction of sp³-hybridized carbons (Fsp3) is 0.0769. The van der Waals surface area contributed by atoms with Crippen LogP contribution in [0, 0.1) is 13.8 Å². The van der Waals surface area contributed by atoms with Crippen molar-refractivity contribution in [1.82, 2.24) is 9.13 Å². The monoisotopic (exact) mass is 920 g/mol. The van der Waals surface area contributed by atoms with E-state index in [2.05, 4.69) is 255 Å². The van der Waals surface area contributed by atoms with Crippen LogP contribution in [-0.2, 0) is 5.41 Å². The zero-order valence-corrected chi connectivity index (χ0v) is 40.6. The third-order valence-electron chi connectivity index (χ3n) is 14.4. The zero-order valence-electron chi connectivity index (χ0n) is 39.0. The van der Waals surface area contributed by atoms with E-state index < -0.39 is 0 Å². The second-order valence-electron chi connectivity index (χ2n) is 19.1. The molecule has 1 aliphatic rings. The molecule has 4 heteroatoms. The van der Waals surface area contributed by atoms with Crippen LogP contribution < -0.4 is 0 Å². The lowest BCUT2D eigenvalue weighted by atomic mass is 9.81. The molecule has 12 aromatic rings. The van der Waals surface area contributed by atoms with E-state index in [1.54, 1.807) is 0 Å². The maximum atomic E-state index is 2.40. The third-order valence-corrected chi connectivity index (χ3v) is 16.6. The van der Waals surface area contributed by atoms with Gasteiger partial charge in [0, 0.05) is 57.8 Å². The van der Waals surface area contributed by atoms with Crippen LogP contribution in [0.5, 0.6) is 0 Å². The number of nitrogens with zero attached hydrogens (tertiary/aromatic N) is 2. The van der Waals surface area contributed by atoms with E-state index in [1.807, 2.05) is 22.7 Å². The molecule has 1 aliphatic carbocycles. The van der Waals surface area contributed by atoms with Crippen molar-refractivity contribution in [3.8, 4) is 43.4 Å². The summed E-state index contributed by atoms with van der Waals surface area (Å²) in [5.41, 5.74) is 20.1. The molecule has 0 saturated carbocycles. The Bertz CT molecular complexity index is 3790. The molecule has 0 fully saturated rings. The van der Waals surface area contributed by atoms with Gasteiger partial charge in [0.15, 0.2) is 0 Å². The van der Waals surface area contributed by atoms with E-state index >= 15 is 0 Å². The minimum atomic E-state index is -0.118. The Labute approximate surface area is 411 Å². The van der Waals surface area contributed by atoms with Crippen molar-refractivity contribution < 1.29 is 0 Å². The Kier molecular flexibility index (Phi) is 9.73. The number of aromatic nitrogens is 2. The summed E-state index contributed by atoms with van der Waals surface area (Å²) in [5.74, 6) is 0. The zero-order chi connectivity index (χ0) is 46.4. The van der Waals surface area contributed by atoms with Gasteiger partial charge in [0.25, 0.3) is 0 Å². The average Bonchev–Trinajstić information content (AvgIpc) is 4.22. The number of rotatable bonds is 8. The maximum Gasteiger partial charge on any atom is 0.0541 e. The van der Waals surface area contributed by atoms with Gasteiger partial charge in [-0.3, -0.25) is 0 Å². The van der Waals surface area contributed by atoms with Gasteiger partial charge in [-0.25, -0.2) is 0 Å². The molecule has 0 atom stereocenters. The highest BCUT2D eigenvalue weighted by Crippen LogP contribution is 2.50. The second kappa shape index (κ2) is 16.2. The molecule has 0 bridgehead atoms. The highest BCUT2D eigenvalue weighted by molar-refractivity contribution is 7.16. The molecule has 4 aromatic heterocycles. The first-order valence-corrected chi connectivity index (χ1v) is 25.4. The first-order valence-electron chi connectivity index (χ1n) is 23.8. The van der Waals surface area contributed by atoms with Crippen LogP contribution in [0.25, 0.3) is 111 Å². The molecule has 69 heavy (non-hydrogen) atoms. The number of para-hydroxylation sites is 2. The van der Waals surface area contributed by atoms with Crippen molar-refractivity contribution in [1.29, 1.82) is 0 Å². The van der Waals surface area contributed by atoms with Crippen LogP contribution in [0.2, 0.25) is 0 Å². The lowest BCUT2D eigenvalue weighted by Gasteiger charge is -2.22. The Morgan fingerprint density at radius 2 is 0.797 bits per heavy atom. The standard InChI is InChI=1S/C65H48N2S2/c1-41-13-23-47(24-14-41)66-59-11-7-5-9-53(59)55-39-45(21-33-61(55)66)63-35-29-49(68-63)27-17-43-19-31-51-52-32-20-44(38-58(52)65(3,4)57(51)37-43)18-28-50-30-36-64(69-50)46-22-34-62-56(40-46)54-10-6-8-12-60(54)67(62)48-25-15-42(2)16-26-48/h5-40H,1-4H3/b27-17+,28-18+. The van der Waals surface area contributed by atoms with Crippen LogP contribution in [0.4, 0.5) is 0 Å². The van der Waals surface area contributed by atoms with Crippen LogP contribution in [-0.4, -0.2) is 9.13 Å². The largest absolute Gasteiger partial charge is 0.309 e. The highest BCUT2D eigenvalue weighted by Gasteiger charge is 2.35. The van der Waals surface area contributed by atoms with Crippen molar-refractivity contribution >= 4 is 90.6 Å². The number of hydrogen-bond donors (Lipinski definition) is 0. The SMILES string of the molecule is Cc1ccc(-n2c3ccccc3c3cc(-c4ccc(/C=C/c5ccc6c(c5)C(C)(C)c5cc(/C=C/c7ccc(-c8ccc9c(c8)c8ccccc8n9-c8ccc(C)cc8)s7)ccc5-6)s4)ccc32)cc1. The quantitative estimate of drug-likeness (QED) is 0.144. The molecule has 4 heterocycles. The Balaban J connectivity index is 0.729. The lowest BCUT2D eigenvalue weighted by Crippen LogP contribution is -2.15. The molecule has 0 amide bonds. The maximum absolute atomic E-state index is 2.40. The predicted molar refractivity (Wildman–Crippen MR) is 300 cm³/mol. The molecular formula is C65H48N2S2. The van der Waals surface area contributed by atoms with E-state index in [1.165, 1.54) is 130 Å². The number of thiophene rings is 2. The van der Waals surface area contributed by atoms with E-state index in [0.29, 0.717) is 0 Å². The number of fused-ring (bicyclic) bond motifs is 9. The van der Waals surface area contributed by atoms with Crippen molar-refractivity contribution in [3.05, 3.63) is 237 Å². The van der Waals surface area contributed by atoms with Gasteiger partial charge in [-0.1, -0.05) is 146 Å². The van der Waals surface area contributed by atoms with E-state index in [4.69, 9.17) is 0 Å². The molecular weight excluding hydrogens is 873 g/mol. The van der Waals surface area contributed by atoms with E-state index in [0.717, 1.165) is 0 Å². The normalized spacial score (nSPS) is 13.2. The number of benzene rings is 8. The topological polar surface area (TPSA) is 9.86 Å². The Morgan fingerprint density at radius 1 is 0.377 bits per heavy atom. The molecule has 13 rings (SSSR count). The van der Waals surface area contributed by atoms with Gasteiger partial charge in [0.2, 0.25) is 0 Å². The van der Waals surface area contributed by atoms with Gasteiger partial charge in [0.1, 0.15) is 0 Å². The summed E-state index contributed by atoms with van der Waals surface area (Å²) < 4.78 is 4.78. The summed E-state index contributed by atoms with van der Waals surface area (Å²) >= 11 is 3.69. The smallest absolute Gasteiger partial charge is 0.0541 e. The number of aryl methyl sites for hydroxylation is 2. The summed E-state index contributed by atoms with van der Waals surface area (Å²) in [6.45, 7) is 9.03. The fourth-order valence-electron chi connectivity index (χ4n) is 10.7. The molecule has 0 radical (unpaired) electrons. The minimum Gasteiger partial charge on any atom is -0.309 e. The van der Waals surface area contributed by atoms with Crippen molar-refractivity contribution in [2.75, 3.05) is 0 Å². The van der Waals surface area contributed by atoms with Gasteiger partial charge in [-0.2, -0.15) is 0 Å². The molecule has 0 N–H and O–H groups in total. The highest BCUT2D eigenvalue weighted by atomic mass is 32.1. The molecule has 0 aliphatic heterocycles. The molecule has 330 valence electrons. The van der Waals surface area contributed by atoms with Gasteiger partial charge in [-0.15, -0.1) is 22.7 Å². The summed E-state index contributed by atoms with van der Waals surface area (Å²) in [6.07, 6.45) is 9.10. The predicted octanol–water partition coefficient (Wildman–Crippen LogP) is 18.6. The average molecular weight is 921 g/mol. The van der Waals surface area contributed by atoms with Crippen LogP contribution >= 0.6 is 22.7 Å². The van der Waals surface area contributed by atoms with Gasteiger partial charge < -0.3 is 9.13 Å². The number of hydrogen-bond acceptors (Lipinski definition) is 2.